The van der Waals surface area contributed by atoms with E-state index in [1.165, 1.54) is 16.2 Å². The average molecular weight is 334 g/mol. The average Bonchev–Trinajstić information content (AvgIpc) is 2.57. The molecule has 0 spiro atoms. The van der Waals surface area contributed by atoms with E-state index < -0.39 is 11.2 Å². The molecule has 0 unspecified atom stereocenters. The molecule has 0 atom stereocenters. The van der Waals surface area contributed by atoms with Crippen LogP contribution in [-0.2, 0) is 10.3 Å². The zero-order valence-corrected chi connectivity index (χ0v) is 13.0. The number of aliphatic hydroxyl groups is 1. The van der Waals surface area contributed by atoms with Gasteiger partial charge in [0.25, 0.3) is 0 Å². The third-order valence-corrected chi connectivity index (χ3v) is 4.41. The third-order valence-electron chi connectivity index (χ3n) is 2.59. The lowest BCUT2D eigenvalue weighted by molar-refractivity contribution is -0.101. The van der Waals surface area contributed by atoms with E-state index in [0.717, 1.165) is 8.66 Å². The summed E-state index contributed by atoms with van der Waals surface area (Å²) in [5.41, 5.74) is -1.43. The van der Waals surface area contributed by atoms with Gasteiger partial charge in [0.15, 0.2) is 0 Å². The van der Waals surface area contributed by atoms with E-state index in [2.05, 4.69) is 15.9 Å². The molecule has 1 aromatic heterocycles. The molecule has 1 aliphatic rings. The van der Waals surface area contributed by atoms with Crippen LogP contribution < -0.4 is 0 Å². The van der Waals surface area contributed by atoms with Crippen molar-refractivity contribution in [3.8, 4) is 0 Å². The quantitative estimate of drug-likeness (QED) is 0.859. The van der Waals surface area contributed by atoms with Crippen molar-refractivity contribution in [3.05, 3.63) is 20.8 Å². The molecule has 2 heterocycles. The van der Waals surface area contributed by atoms with E-state index in [-0.39, 0.29) is 19.2 Å². The van der Waals surface area contributed by atoms with Crippen LogP contribution in [0.3, 0.4) is 0 Å². The first-order chi connectivity index (χ1) is 8.20. The number of β-amino-alcohol motifs (C(OH)–C–C–N with tert-alkyl or cyclic N) is 1. The van der Waals surface area contributed by atoms with E-state index in [9.17, 15) is 9.90 Å². The molecular weight excluding hydrogens is 318 g/mol. The Hall–Kier alpha value is -0.590. The van der Waals surface area contributed by atoms with E-state index >= 15 is 0 Å². The Labute approximate surface area is 119 Å². The van der Waals surface area contributed by atoms with Crippen LogP contribution in [0.1, 0.15) is 25.6 Å². The molecule has 18 heavy (non-hydrogen) atoms. The second kappa shape index (κ2) is 4.51. The first-order valence-corrected chi connectivity index (χ1v) is 7.27. The van der Waals surface area contributed by atoms with E-state index in [4.69, 9.17) is 4.74 Å². The maximum Gasteiger partial charge on any atom is 0.410 e. The molecule has 100 valence electrons. The van der Waals surface area contributed by atoms with Crippen molar-refractivity contribution in [3.63, 3.8) is 0 Å². The molecule has 0 bridgehead atoms. The molecule has 2 rings (SSSR count). The van der Waals surface area contributed by atoms with Crippen LogP contribution >= 0.6 is 27.3 Å². The summed E-state index contributed by atoms with van der Waals surface area (Å²) >= 11 is 4.85. The molecule has 4 nitrogen and oxygen atoms in total. The topological polar surface area (TPSA) is 49.8 Å². The van der Waals surface area contributed by atoms with Gasteiger partial charge in [0.05, 0.1) is 16.9 Å². The number of thiophene rings is 1. The third kappa shape index (κ3) is 2.87. The summed E-state index contributed by atoms with van der Waals surface area (Å²) in [5.74, 6) is 0. The van der Waals surface area contributed by atoms with Gasteiger partial charge in [0, 0.05) is 4.88 Å². The van der Waals surface area contributed by atoms with Crippen molar-refractivity contribution in [1.82, 2.24) is 4.90 Å². The molecule has 0 saturated carbocycles. The lowest BCUT2D eigenvalue weighted by Gasteiger charge is -2.45. The molecular formula is C12H16BrNO3S. The van der Waals surface area contributed by atoms with Crippen molar-refractivity contribution in [2.75, 3.05) is 13.1 Å². The second-order valence-electron chi connectivity index (χ2n) is 5.47. The zero-order valence-electron chi connectivity index (χ0n) is 10.6. The van der Waals surface area contributed by atoms with Gasteiger partial charge in [-0.3, -0.25) is 0 Å². The summed E-state index contributed by atoms with van der Waals surface area (Å²) < 4.78 is 6.22. The fourth-order valence-electron chi connectivity index (χ4n) is 1.76. The number of rotatable bonds is 1. The number of nitrogens with zero attached hydrogens (tertiary/aromatic N) is 1. The van der Waals surface area contributed by atoms with Crippen molar-refractivity contribution < 1.29 is 14.6 Å². The Morgan fingerprint density at radius 1 is 1.50 bits per heavy atom. The van der Waals surface area contributed by atoms with E-state index in [1.807, 2.05) is 32.9 Å². The van der Waals surface area contributed by atoms with Gasteiger partial charge in [0.1, 0.15) is 11.2 Å². The molecule has 0 radical (unpaired) electrons. The number of halogens is 1. The summed E-state index contributed by atoms with van der Waals surface area (Å²) in [6, 6.07) is 3.77. The molecule has 1 fully saturated rings. The maximum atomic E-state index is 11.8. The maximum absolute atomic E-state index is 11.8. The van der Waals surface area contributed by atoms with Crippen LogP contribution in [0.25, 0.3) is 0 Å². The van der Waals surface area contributed by atoms with Crippen LogP contribution in [0.5, 0.6) is 0 Å². The summed E-state index contributed by atoms with van der Waals surface area (Å²) in [4.78, 5) is 14.1. The highest BCUT2D eigenvalue weighted by Crippen LogP contribution is 2.38. The van der Waals surface area contributed by atoms with Crippen LogP contribution in [0.15, 0.2) is 15.9 Å². The van der Waals surface area contributed by atoms with Gasteiger partial charge < -0.3 is 14.7 Å². The number of amides is 1. The molecule has 1 saturated heterocycles. The van der Waals surface area contributed by atoms with Gasteiger partial charge in [-0.2, -0.15) is 0 Å². The molecule has 1 amide bonds. The van der Waals surface area contributed by atoms with Crippen molar-refractivity contribution >= 4 is 33.4 Å². The Morgan fingerprint density at radius 3 is 2.56 bits per heavy atom. The van der Waals surface area contributed by atoms with Gasteiger partial charge in [-0.1, -0.05) is 0 Å². The molecule has 6 heteroatoms. The van der Waals surface area contributed by atoms with Crippen molar-refractivity contribution in [2.24, 2.45) is 0 Å². The summed E-state index contributed by atoms with van der Waals surface area (Å²) in [6.45, 7) is 6.05. The monoisotopic (exact) mass is 333 g/mol. The predicted molar refractivity (Wildman–Crippen MR) is 73.7 cm³/mol. The Kier molecular flexibility index (Phi) is 3.46. The van der Waals surface area contributed by atoms with Gasteiger partial charge >= 0.3 is 6.09 Å². The molecule has 1 aromatic rings. The Morgan fingerprint density at radius 2 is 2.11 bits per heavy atom. The minimum atomic E-state index is -0.923. The molecule has 0 aromatic carbocycles. The first-order valence-electron chi connectivity index (χ1n) is 5.66. The fourth-order valence-corrected chi connectivity index (χ4v) is 3.22. The van der Waals surface area contributed by atoms with Crippen LogP contribution in [0.2, 0.25) is 0 Å². The van der Waals surface area contributed by atoms with Crippen molar-refractivity contribution in [2.45, 2.75) is 32.0 Å². The molecule has 1 aliphatic heterocycles. The highest BCUT2D eigenvalue weighted by atomic mass is 79.9. The number of carbonyl (C=O) groups is 1. The number of carbonyl (C=O) groups excluding carboxylic acids is 1. The van der Waals surface area contributed by atoms with Crippen LogP contribution in [0, 0.1) is 0 Å². The standard InChI is InChI=1S/C12H16BrNO3S/c1-11(2,3)17-10(15)14-6-12(16,7-14)8-4-5-9(13)18-8/h4-5,16H,6-7H2,1-3H3. The summed E-state index contributed by atoms with van der Waals surface area (Å²) in [5, 5.41) is 10.4. The van der Waals surface area contributed by atoms with Gasteiger partial charge in [-0.15, -0.1) is 11.3 Å². The predicted octanol–water partition coefficient (Wildman–Crippen LogP) is 2.95. The highest BCUT2D eigenvalue weighted by Gasteiger charge is 2.47. The van der Waals surface area contributed by atoms with Gasteiger partial charge in [0.2, 0.25) is 0 Å². The zero-order chi connectivity index (χ0) is 13.6. The number of hydrogen-bond acceptors (Lipinski definition) is 4. The van der Waals surface area contributed by atoms with Crippen LogP contribution in [-0.4, -0.2) is 34.8 Å². The first kappa shape index (κ1) is 13.8. The Bertz CT molecular complexity index is 460. The van der Waals surface area contributed by atoms with Crippen molar-refractivity contribution in [1.29, 1.82) is 0 Å². The lowest BCUT2D eigenvalue weighted by Crippen LogP contribution is -2.61. The van der Waals surface area contributed by atoms with Crippen LogP contribution in [0.4, 0.5) is 4.79 Å². The normalized spacial score (nSPS) is 18.4. The number of ether oxygens (including phenoxy) is 1. The van der Waals surface area contributed by atoms with E-state index in [1.54, 1.807) is 0 Å². The fraction of sp³-hybridized carbons (Fsp3) is 0.583. The molecule has 1 N–H and O–H groups in total. The summed E-state index contributed by atoms with van der Waals surface area (Å²) in [7, 11) is 0. The van der Waals surface area contributed by atoms with Gasteiger partial charge in [-0.25, -0.2) is 4.79 Å². The van der Waals surface area contributed by atoms with Gasteiger partial charge in [-0.05, 0) is 48.8 Å². The molecule has 0 aliphatic carbocycles. The lowest BCUT2D eigenvalue weighted by atomic mass is 9.93. The number of likely N-dealkylation sites (tertiary alicyclic amines) is 1. The second-order valence-corrected chi connectivity index (χ2v) is 7.93. The Balaban J connectivity index is 1.95. The highest BCUT2D eigenvalue weighted by molar-refractivity contribution is 9.11. The smallest absolute Gasteiger partial charge is 0.410 e. The minimum Gasteiger partial charge on any atom is -0.444 e. The SMILES string of the molecule is CC(C)(C)OC(=O)N1CC(O)(c2ccc(Br)s2)C1. The minimum absolute atomic E-state index is 0.287. The van der Waals surface area contributed by atoms with E-state index in [0.29, 0.717) is 0 Å². The largest absolute Gasteiger partial charge is 0.444 e. The summed E-state index contributed by atoms with van der Waals surface area (Å²) in [6.07, 6.45) is -0.372. The number of hydrogen-bond donors (Lipinski definition) is 1.